The van der Waals surface area contributed by atoms with Gasteiger partial charge in [-0.1, -0.05) is 30.3 Å². The van der Waals surface area contributed by atoms with Gasteiger partial charge in [0, 0.05) is 12.5 Å². The third kappa shape index (κ3) is 1.94. The molecule has 2 aromatic rings. The summed E-state index contributed by atoms with van der Waals surface area (Å²) in [6.07, 6.45) is 2.85. The Kier molecular flexibility index (Phi) is 2.36. The Morgan fingerprint density at radius 1 is 1.07 bits per heavy atom. The van der Waals surface area contributed by atoms with Gasteiger partial charge in [0.15, 0.2) is 9.84 Å². The van der Waals surface area contributed by atoms with Crippen LogP contribution < -0.4 is 0 Å². The summed E-state index contributed by atoms with van der Waals surface area (Å²) in [6.45, 7) is 0. The molecule has 0 saturated heterocycles. The number of sulfone groups is 1. The van der Waals surface area contributed by atoms with E-state index >= 15 is 0 Å². The maximum absolute atomic E-state index is 11.5. The lowest BCUT2D eigenvalue weighted by Gasteiger charge is -2.01. The predicted octanol–water partition coefficient (Wildman–Crippen LogP) is 2.09. The SMILES string of the molecule is CS(=O)(=O)c1cc[nH]c1-c1ccccc1. The largest absolute Gasteiger partial charge is 0.360 e. The number of rotatable bonds is 2. The second-order valence-electron chi connectivity index (χ2n) is 3.36. The van der Waals surface area contributed by atoms with Gasteiger partial charge >= 0.3 is 0 Å². The Hall–Kier alpha value is -1.55. The summed E-state index contributed by atoms with van der Waals surface area (Å²) in [6, 6.07) is 11.0. The highest BCUT2D eigenvalue weighted by molar-refractivity contribution is 7.90. The molecular formula is C11H11NO2S. The minimum Gasteiger partial charge on any atom is -0.360 e. The van der Waals surface area contributed by atoms with E-state index in [4.69, 9.17) is 0 Å². The van der Waals surface area contributed by atoms with Crippen molar-refractivity contribution >= 4 is 9.84 Å². The number of hydrogen-bond acceptors (Lipinski definition) is 2. The van der Waals surface area contributed by atoms with Crippen molar-refractivity contribution in [2.45, 2.75) is 4.90 Å². The Morgan fingerprint density at radius 2 is 1.73 bits per heavy atom. The highest BCUT2D eigenvalue weighted by Gasteiger charge is 2.14. The average molecular weight is 221 g/mol. The van der Waals surface area contributed by atoms with Crippen molar-refractivity contribution in [1.29, 1.82) is 0 Å². The molecule has 0 atom stereocenters. The number of aromatic nitrogens is 1. The van der Waals surface area contributed by atoms with Gasteiger partial charge in [0.2, 0.25) is 0 Å². The van der Waals surface area contributed by atoms with E-state index in [0.717, 1.165) is 5.56 Å². The molecule has 0 aliphatic heterocycles. The molecule has 1 aromatic heterocycles. The molecule has 0 bridgehead atoms. The van der Waals surface area contributed by atoms with Gasteiger partial charge in [-0.2, -0.15) is 0 Å². The van der Waals surface area contributed by atoms with Crippen molar-refractivity contribution in [2.75, 3.05) is 6.26 Å². The van der Waals surface area contributed by atoms with Gasteiger partial charge in [-0.05, 0) is 11.6 Å². The summed E-state index contributed by atoms with van der Waals surface area (Å²) in [5.74, 6) is 0. The van der Waals surface area contributed by atoms with Crippen LogP contribution in [0.3, 0.4) is 0 Å². The molecule has 0 saturated carbocycles. The molecule has 0 amide bonds. The Bertz CT molecular complexity index is 555. The molecule has 0 radical (unpaired) electrons. The first-order chi connectivity index (χ1) is 7.09. The maximum atomic E-state index is 11.5. The fourth-order valence-electron chi connectivity index (χ4n) is 1.49. The summed E-state index contributed by atoms with van der Waals surface area (Å²) in [4.78, 5) is 3.29. The van der Waals surface area contributed by atoms with E-state index in [-0.39, 0.29) is 0 Å². The quantitative estimate of drug-likeness (QED) is 0.844. The van der Waals surface area contributed by atoms with Gasteiger partial charge in [0.05, 0.1) is 10.6 Å². The summed E-state index contributed by atoms with van der Waals surface area (Å²) in [5.41, 5.74) is 1.53. The molecule has 0 aliphatic carbocycles. The molecule has 0 spiro atoms. The van der Waals surface area contributed by atoms with E-state index in [2.05, 4.69) is 4.98 Å². The first kappa shape index (κ1) is 9.98. The number of H-pyrrole nitrogens is 1. The van der Waals surface area contributed by atoms with Crippen LogP contribution in [0.5, 0.6) is 0 Å². The minimum atomic E-state index is -3.17. The van der Waals surface area contributed by atoms with Crippen molar-refractivity contribution < 1.29 is 8.42 Å². The van der Waals surface area contributed by atoms with Crippen molar-refractivity contribution in [3.8, 4) is 11.3 Å². The third-order valence-electron chi connectivity index (χ3n) is 2.17. The van der Waals surface area contributed by atoms with Crippen LogP contribution in [-0.2, 0) is 9.84 Å². The van der Waals surface area contributed by atoms with Crippen molar-refractivity contribution in [3.05, 3.63) is 42.6 Å². The molecule has 1 heterocycles. The van der Waals surface area contributed by atoms with E-state index in [1.165, 1.54) is 6.26 Å². The fourth-order valence-corrected chi connectivity index (χ4v) is 2.36. The summed E-state index contributed by atoms with van der Waals surface area (Å²) in [7, 11) is -3.17. The van der Waals surface area contributed by atoms with Gasteiger partial charge in [-0.25, -0.2) is 8.42 Å². The molecule has 3 nitrogen and oxygen atoms in total. The van der Waals surface area contributed by atoms with Gasteiger partial charge < -0.3 is 4.98 Å². The van der Waals surface area contributed by atoms with E-state index in [1.807, 2.05) is 30.3 Å². The monoisotopic (exact) mass is 221 g/mol. The number of hydrogen-bond donors (Lipinski definition) is 1. The Balaban J connectivity index is 2.61. The van der Waals surface area contributed by atoms with Gasteiger partial charge in [0.1, 0.15) is 0 Å². The van der Waals surface area contributed by atoms with Crippen LogP contribution in [0.25, 0.3) is 11.3 Å². The first-order valence-corrected chi connectivity index (χ1v) is 6.41. The molecule has 1 N–H and O–H groups in total. The molecule has 0 fully saturated rings. The van der Waals surface area contributed by atoms with Crippen molar-refractivity contribution in [3.63, 3.8) is 0 Å². The predicted molar refractivity (Wildman–Crippen MR) is 59.3 cm³/mol. The van der Waals surface area contributed by atoms with Gasteiger partial charge in [-0.15, -0.1) is 0 Å². The zero-order chi connectivity index (χ0) is 10.9. The third-order valence-corrected chi connectivity index (χ3v) is 3.31. The Morgan fingerprint density at radius 3 is 2.33 bits per heavy atom. The van der Waals surface area contributed by atoms with Crippen LogP contribution in [0.4, 0.5) is 0 Å². The average Bonchev–Trinajstić information content (AvgIpc) is 2.67. The van der Waals surface area contributed by atoms with Crippen LogP contribution in [0.2, 0.25) is 0 Å². The van der Waals surface area contributed by atoms with E-state index < -0.39 is 9.84 Å². The molecule has 78 valence electrons. The van der Waals surface area contributed by atoms with Crippen LogP contribution in [-0.4, -0.2) is 19.7 Å². The number of aromatic amines is 1. The molecule has 0 aliphatic rings. The van der Waals surface area contributed by atoms with Crippen LogP contribution in [0.1, 0.15) is 0 Å². The zero-order valence-electron chi connectivity index (χ0n) is 8.27. The minimum absolute atomic E-state index is 0.341. The zero-order valence-corrected chi connectivity index (χ0v) is 9.08. The summed E-state index contributed by atoms with van der Waals surface area (Å²) >= 11 is 0. The molecule has 4 heteroatoms. The van der Waals surface area contributed by atoms with Crippen molar-refractivity contribution in [1.82, 2.24) is 4.98 Å². The van der Waals surface area contributed by atoms with Crippen molar-refractivity contribution in [2.24, 2.45) is 0 Å². The number of benzene rings is 1. The smallest absolute Gasteiger partial charge is 0.177 e. The highest BCUT2D eigenvalue weighted by Crippen LogP contribution is 2.25. The highest BCUT2D eigenvalue weighted by atomic mass is 32.2. The van der Waals surface area contributed by atoms with Gasteiger partial charge in [-0.3, -0.25) is 0 Å². The first-order valence-electron chi connectivity index (χ1n) is 4.52. The lowest BCUT2D eigenvalue weighted by molar-refractivity contribution is 0.602. The Labute approximate surface area is 88.7 Å². The molecule has 2 rings (SSSR count). The normalized spacial score (nSPS) is 11.5. The van der Waals surface area contributed by atoms with Crippen LogP contribution in [0, 0.1) is 0 Å². The molecule has 15 heavy (non-hydrogen) atoms. The molecule has 1 aromatic carbocycles. The van der Waals surface area contributed by atoms with E-state index in [1.54, 1.807) is 12.3 Å². The lowest BCUT2D eigenvalue weighted by atomic mass is 10.2. The summed E-state index contributed by atoms with van der Waals surface area (Å²) < 4.78 is 22.9. The van der Waals surface area contributed by atoms with E-state index in [9.17, 15) is 8.42 Å². The second-order valence-corrected chi connectivity index (χ2v) is 5.34. The van der Waals surface area contributed by atoms with Crippen LogP contribution >= 0.6 is 0 Å². The second kappa shape index (κ2) is 3.55. The maximum Gasteiger partial charge on any atom is 0.177 e. The topological polar surface area (TPSA) is 49.9 Å². The summed E-state index contributed by atoms with van der Waals surface area (Å²) in [5, 5.41) is 0. The fraction of sp³-hybridized carbons (Fsp3) is 0.0909. The molecule has 0 unspecified atom stereocenters. The van der Waals surface area contributed by atoms with Gasteiger partial charge in [0.25, 0.3) is 0 Å². The van der Waals surface area contributed by atoms with E-state index in [0.29, 0.717) is 10.6 Å². The van der Waals surface area contributed by atoms with Crippen LogP contribution in [0.15, 0.2) is 47.5 Å². The molecular weight excluding hydrogens is 210 g/mol. The standard InChI is InChI=1S/C11H11NO2S/c1-15(13,14)10-7-8-12-11(10)9-5-3-2-4-6-9/h2-8,12H,1H3. The lowest BCUT2D eigenvalue weighted by Crippen LogP contribution is -1.97. The number of nitrogens with one attached hydrogen (secondary N) is 1.